The van der Waals surface area contributed by atoms with E-state index in [9.17, 15) is 14.7 Å². The topological polar surface area (TPSA) is 82.1 Å². The fourth-order valence-corrected chi connectivity index (χ4v) is 2.33. The van der Waals surface area contributed by atoms with Crippen molar-refractivity contribution in [3.8, 4) is 5.75 Å². The Morgan fingerprint density at radius 1 is 1.24 bits per heavy atom. The van der Waals surface area contributed by atoms with Crippen molar-refractivity contribution < 1.29 is 28.9 Å². The van der Waals surface area contributed by atoms with Crippen LogP contribution < -0.4 is 4.74 Å². The molecule has 1 unspecified atom stereocenters. The van der Waals surface area contributed by atoms with Crippen LogP contribution in [0.15, 0.2) is 18.2 Å². The first-order chi connectivity index (χ1) is 9.98. The number of hydrogen-bond acceptors (Lipinski definition) is 6. The Morgan fingerprint density at radius 2 is 1.81 bits per heavy atom. The zero-order chi connectivity index (χ0) is 15.6. The molecule has 6 nitrogen and oxygen atoms in total. The van der Waals surface area contributed by atoms with Gasteiger partial charge in [-0.1, -0.05) is 18.2 Å². The summed E-state index contributed by atoms with van der Waals surface area (Å²) in [6.45, 7) is 5.10. The van der Waals surface area contributed by atoms with Gasteiger partial charge in [-0.2, -0.15) is 0 Å². The van der Waals surface area contributed by atoms with E-state index in [0.717, 1.165) is 0 Å². The quantitative estimate of drug-likeness (QED) is 0.665. The second-order valence-corrected chi connectivity index (χ2v) is 4.67. The molecule has 1 aromatic rings. The van der Waals surface area contributed by atoms with E-state index in [4.69, 9.17) is 14.2 Å². The van der Waals surface area contributed by atoms with Crippen LogP contribution in [0.4, 0.5) is 0 Å². The highest BCUT2D eigenvalue weighted by molar-refractivity contribution is 6.06. The van der Waals surface area contributed by atoms with E-state index in [0.29, 0.717) is 16.9 Å². The molecular weight excluding hydrogens is 276 g/mol. The minimum atomic E-state index is -2.19. The first-order valence-corrected chi connectivity index (χ1v) is 6.80. The van der Waals surface area contributed by atoms with Gasteiger partial charge >= 0.3 is 17.5 Å². The third-order valence-electron chi connectivity index (χ3n) is 3.34. The Kier molecular flexibility index (Phi) is 4.18. The molecule has 1 aliphatic heterocycles. The summed E-state index contributed by atoms with van der Waals surface area (Å²) in [6.07, 6.45) is -1.47. The van der Waals surface area contributed by atoms with E-state index in [1.807, 2.05) is 0 Å². The van der Waals surface area contributed by atoms with Gasteiger partial charge in [0.05, 0.1) is 13.2 Å². The molecule has 0 saturated carbocycles. The minimum Gasteiger partial charge on any atom is -0.462 e. The molecule has 0 fully saturated rings. The first kappa shape index (κ1) is 15.3. The molecule has 6 heteroatoms. The van der Waals surface area contributed by atoms with Crippen LogP contribution in [-0.2, 0) is 19.1 Å². The van der Waals surface area contributed by atoms with Crippen LogP contribution in [0.5, 0.6) is 5.75 Å². The third-order valence-corrected chi connectivity index (χ3v) is 3.34. The Balaban J connectivity index is 2.51. The normalized spacial score (nSPS) is 18.6. The Bertz CT molecular complexity index is 547. The lowest BCUT2D eigenvalue weighted by atomic mass is 9.93. The van der Waals surface area contributed by atoms with Crippen LogP contribution in [-0.4, -0.2) is 35.9 Å². The molecular formula is C15H18O6. The van der Waals surface area contributed by atoms with Gasteiger partial charge < -0.3 is 19.3 Å². The van der Waals surface area contributed by atoms with Crippen LogP contribution in [0.3, 0.4) is 0 Å². The Morgan fingerprint density at radius 3 is 2.29 bits per heavy atom. The van der Waals surface area contributed by atoms with Crippen LogP contribution >= 0.6 is 0 Å². The van der Waals surface area contributed by atoms with Crippen molar-refractivity contribution in [2.24, 2.45) is 0 Å². The Labute approximate surface area is 122 Å². The van der Waals surface area contributed by atoms with E-state index in [1.54, 1.807) is 39.0 Å². The number of esters is 2. The van der Waals surface area contributed by atoms with E-state index < -0.39 is 23.6 Å². The number of para-hydroxylation sites is 1. The first-order valence-electron chi connectivity index (χ1n) is 6.80. The average Bonchev–Trinajstić information content (AvgIpc) is 2.76. The number of aliphatic hydroxyl groups is 1. The van der Waals surface area contributed by atoms with Crippen LogP contribution in [0.25, 0.3) is 0 Å². The number of fused-ring (bicyclic) bond motifs is 1. The van der Waals surface area contributed by atoms with Crippen molar-refractivity contribution in [1.82, 2.24) is 0 Å². The molecule has 2 rings (SSSR count). The fraction of sp³-hybridized carbons (Fsp3) is 0.467. The summed E-state index contributed by atoms with van der Waals surface area (Å²) in [5.41, 5.74) is -1.11. The standard InChI is InChI=1S/C15H18O6/c1-4-19-13(17)15(14(18)20-5-2)12(16)10-8-6-7-9(3)11(10)21-15/h6-8,12,16H,4-5H2,1-3H3. The summed E-state index contributed by atoms with van der Waals surface area (Å²) in [5, 5.41) is 10.5. The van der Waals surface area contributed by atoms with Gasteiger partial charge in [0.2, 0.25) is 0 Å². The van der Waals surface area contributed by atoms with Gasteiger partial charge in [0.1, 0.15) is 11.9 Å². The van der Waals surface area contributed by atoms with E-state index in [-0.39, 0.29) is 13.2 Å². The zero-order valence-corrected chi connectivity index (χ0v) is 12.2. The molecule has 0 radical (unpaired) electrons. The van der Waals surface area contributed by atoms with Gasteiger partial charge in [-0.3, -0.25) is 0 Å². The summed E-state index contributed by atoms with van der Waals surface area (Å²) in [7, 11) is 0. The van der Waals surface area contributed by atoms with E-state index >= 15 is 0 Å². The van der Waals surface area contributed by atoms with E-state index in [1.165, 1.54) is 0 Å². The highest BCUT2D eigenvalue weighted by Crippen LogP contribution is 2.46. The molecule has 0 aliphatic carbocycles. The lowest BCUT2D eigenvalue weighted by molar-refractivity contribution is -0.187. The number of ether oxygens (including phenoxy) is 3. The highest BCUT2D eigenvalue weighted by atomic mass is 16.6. The zero-order valence-electron chi connectivity index (χ0n) is 12.2. The van der Waals surface area contributed by atoms with Gasteiger partial charge in [0.25, 0.3) is 0 Å². The summed E-state index contributed by atoms with van der Waals surface area (Å²) < 4.78 is 15.4. The number of aliphatic hydroxyl groups excluding tert-OH is 1. The number of aryl methyl sites for hydroxylation is 1. The van der Waals surface area contributed by atoms with Crippen molar-refractivity contribution in [1.29, 1.82) is 0 Å². The molecule has 1 heterocycles. The average molecular weight is 294 g/mol. The monoisotopic (exact) mass is 294 g/mol. The highest BCUT2D eigenvalue weighted by Gasteiger charge is 2.63. The molecule has 1 aromatic carbocycles. The maximum absolute atomic E-state index is 12.3. The lowest BCUT2D eigenvalue weighted by Gasteiger charge is -2.27. The third kappa shape index (κ3) is 2.25. The second kappa shape index (κ2) is 5.73. The summed E-state index contributed by atoms with van der Waals surface area (Å²) in [4.78, 5) is 24.5. The van der Waals surface area contributed by atoms with Crippen molar-refractivity contribution in [2.45, 2.75) is 32.5 Å². The predicted octanol–water partition coefficient (Wildman–Crippen LogP) is 1.29. The molecule has 1 N–H and O–H groups in total. The molecule has 0 aromatic heterocycles. The summed E-state index contributed by atoms with van der Waals surface area (Å²) >= 11 is 0. The molecule has 0 amide bonds. The number of rotatable bonds is 4. The van der Waals surface area contributed by atoms with Gasteiger partial charge in [-0.05, 0) is 26.3 Å². The smallest absolute Gasteiger partial charge is 0.365 e. The number of hydrogen-bond donors (Lipinski definition) is 1. The molecule has 1 aliphatic rings. The van der Waals surface area contributed by atoms with Gasteiger partial charge in [0, 0.05) is 5.56 Å². The molecule has 1 atom stereocenters. The van der Waals surface area contributed by atoms with Crippen molar-refractivity contribution in [2.75, 3.05) is 13.2 Å². The molecule has 0 spiro atoms. The number of carbonyl (C=O) groups is 2. The predicted molar refractivity (Wildman–Crippen MR) is 72.8 cm³/mol. The molecule has 21 heavy (non-hydrogen) atoms. The lowest BCUT2D eigenvalue weighted by Crippen LogP contribution is -2.55. The van der Waals surface area contributed by atoms with Crippen molar-refractivity contribution in [3.63, 3.8) is 0 Å². The van der Waals surface area contributed by atoms with E-state index in [2.05, 4.69) is 0 Å². The van der Waals surface area contributed by atoms with Crippen LogP contribution in [0.2, 0.25) is 0 Å². The largest absolute Gasteiger partial charge is 0.462 e. The van der Waals surface area contributed by atoms with Crippen LogP contribution in [0.1, 0.15) is 31.1 Å². The summed E-state index contributed by atoms with van der Waals surface area (Å²) in [5.74, 6) is -1.59. The van der Waals surface area contributed by atoms with Gasteiger partial charge in [0.15, 0.2) is 0 Å². The Hall–Kier alpha value is -2.08. The maximum Gasteiger partial charge on any atom is 0.365 e. The fourth-order valence-electron chi connectivity index (χ4n) is 2.33. The number of benzene rings is 1. The number of carbonyl (C=O) groups excluding carboxylic acids is 2. The van der Waals surface area contributed by atoms with Gasteiger partial charge in [-0.25, -0.2) is 9.59 Å². The minimum absolute atomic E-state index is 0.0609. The molecule has 0 saturated heterocycles. The van der Waals surface area contributed by atoms with Crippen molar-refractivity contribution in [3.05, 3.63) is 29.3 Å². The SMILES string of the molecule is CCOC(=O)C1(C(=O)OCC)Oc2c(C)cccc2C1O. The summed E-state index contributed by atoms with van der Waals surface area (Å²) in [6, 6.07) is 5.08. The maximum atomic E-state index is 12.3. The van der Waals surface area contributed by atoms with Crippen LogP contribution in [0, 0.1) is 6.92 Å². The second-order valence-electron chi connectivity index (χ2n) is 4.67. The van der Waals surface area contributed by atoms with Gasteiger partial charge in [-0.15, -0.1) is 0 Å². The molecule has 0 bridgehead atoms. The molecule has 114 valence electrons. The van der Waals surface area contributed by atoms with Crippen molar-refractivity contribution >= 4 is 11.9 Å².